The third-order valence-electron chi connectivity index (χ3n) is 4.76. The van der Waals surface area contributed by atoms with Crippen LogP contribution in [0.25, 0.3) is 11.3 Å². The molecule has 1 saturated heterocycles. The van der Waals surface area contributed by atoms with Crippen LogP contribution in [-0.4, -0.2) is 44.9 Å². The Morgan fingerprint density at radius 2 is 2.23 bits per heavy atom. The molecular formula is C19H23N5O2. The predicted molar refractivity (Wildman–Crippen MR) is 97.2 cm³/mol. The lowest BCUT2D eigenvalue weighted by Crippen LogP contribution is -2.13. The monoisotopic (exact) mass is 353 g/mol. The molecule has 0 N–H and O–H groups in total. The molecule has 0 saturated carbocycles. The minimum absolute atomic E-state index is 0.358. The van der Waals surface area contributed by atoms with Gasteiger partial charge in [0.2, 0.25) is 0 Å². The first-order valence-corrected chi connectivity index (χ1v) is 8.88. The summed E-state index contributed by atoms with van der Waals surface area (Å²) in [6, 6.07) is 8.06. The van der Waals surface area contributed by atoms with Crippen molar-refractivity contribution in [3.8, 4) is 17.0 Å². The van der Waals surface area contributed by atoms with Crippen LogP contribution in [0.5, 0.6) is 5.75 Å². The van der Waals surface area contributed by atoms with Gasteiger partial charge >= 0.3 is 0 Å². The van der Waals surface area contributed by atoms with E-state index in [0.29, 0.717) is 5.92 Å². The molecule has 136 valence electrons. The molecule has 1 aliphatic heterocycles. The van der Waals surface area contributed by atoms with Gasteiger partial charge in [-0.1, -0.05) is 17.3 Å². The van der Waals surface area contributed by atoms with Crippen LogP contribution in [0.3, 0.4) is 0 Å². The second-order valence-corrected chi connectivity index (χ2v) is 6.59. The van der Waals surface area contributed by atoms with Crippen LogP contribution < -0.4 is 4.74 Å². The summed E-state index contributed by atoms with van der Waals surface area (Å²) in [6.07, 6.45) is 4.90. The number of aromatic nitrogens is 5. The van der Waals surface area contributed by atoms with E-state index in [1.165, 1.54) is 5.69 Å². The topological polar surface area (TPSA) is 67.0 Å². The largest absolute Gasteiger partial charge is 0.497 e. The summed E-state index contributed by atoms with van der Waals surface area (Å²) in [7, 11) is 1.68. The average molecular weight is 353 g/mol. The van der Waals surface area contributed by atoms with Crippen molar-refractivity contribution in [3.05, 3.63) is 48.2 Å². The fourth-order valence-corrected chi connectivity index (χ4v) is 3.46. The first kappa shape index (κ1) is 16.8. The summed E-state index contributed by atoms with van der Waals surface area (Å²) >= 11 is 0. The van der Waals surface area contributed by atoms with Crippen molar-refractivity contribution in [1.82, 2.24) is 24.5 Å². The molecule has 3 aromatic rings. The van der Waals surface area contributed by atoms with E-state index in [0.717, 1.165) is 55.4 Å². The molecule has 0 bridgehead atoms. The maximum Gasteiger partial charge on any atom is 0.119 e. The van der Waals surface area contributed by atoms with Gasteiger partial charge < -0.3 is 14.0 Å². The number of aryl methyl sites for hydroxylation is 3. The van der Waals surface area contributed by atoms with Crippen LogP contribution in [-0.2, 0) is 17.8 Å². The quantitative estimate of drug-likeness (QED) is 0.681. The van der Waals surface area contributed by atoms with E-state index in [2.05, 4.69) is 20.9 Å². The summed E-state index contributed by atoms with van der Waals surface area (Å²) in [5, 5.41) is 8.19. The molecular weight excluding hydrogens is 330 g/mol. The van der Waals surface area contributed by atoms with E-state index in [9.17, 15) is 0 Å². The first-order chi connectivity index (χ1) is 12.7. The average Bonchev–Trinajstić information content (AvgIpc) is 3.40. The Morgan fingerprint density at radius 3 is 2.96 bits per heavy atom. The summed E-state index contributed by atoms with van der Waals surface area (Å²) in [6.45, 7) is 5.05. The summed E-state index contributed by atoms with van der Waals surface area (Å²) in [5.74, 6) is 1.19. The van der Waals surface area contributed by atoms with Gasteiger partial charge in [0.05, 0.1) is 43.7 Å². The Labute approximate surface area is 152 Å². The molecule has 1 fully saturated rings. The predicted octanol–water partition coefficient (Wildman–Crippen LogP) is 2.66. The van der Waals surface area contributed by atoms with E-state index in [1.54, 1.807) is 7.11 Å². The highest BCUT2D eigenvalue weighted by molar-refractivity contribution is 5.64. The second-order valence-electron chi connectivity index (χ2n) is 6.59. The molecule has 7 heteroatoms. The molecule has 1 atom stereocenters. The van der Waals surface area contributed by atoms with E-state index in [4.69, 9.17) is 14.5 Å². The Kier molecular flexibility index (Phi) is 4.71. The third kappa shape index (κ3) is 3.35. The highest BCUT2D eigenvalue weighted by atomic mass is 16.5. The summed E-state index contributed by atoms with van der Waals surface area (Å²) in [4.78, 5) is 4.73. The van der Waals surface area contributed by atoms with Crippen LogP contribution in [0.1, 0.15) is 23.7 Å². The zero-order chi connectivity index (χ0) is 17.9. The molecule has 2 aromatic heterocycles. The van der Waals surface area contributed by atoms with Gasteiger partial charge in [0.25, 0.3) is 0 Å². The van der Waals surface area contributed by atoms with Gasteiger partial charge in [-0.2, -0.15) is 0 Å². The smallest absolute Gasteiger partial charge is 0.119 e. The lowest BCUT2D eigenvalue weighted by Gasteiger charge is -2.15. The minimum Gasteiger partial charge on any atom is -0.497 e. The van der Waals surface area contributed by atoms with Gasteiger partial charge in [0.15, 0.2) is 0 Å². The minimum atomic E-state index is 0.358. The lowest BCUT2D eigenvalue weighted by molar-refractivity contribution is 0.193. The molecule has 0 amide bonds. The van der Waals surface area contributed by atoms with Crippen LogP contribution in [0.4, 0.5) is 0 Å². The second kappa shape index (κ2) is 7.29. The fraction of sp³-hybridized carbons (Fsp3) is 0.421. The number of methoxy groups -OCH3 is 1. The summed E-state index contributed by atoms with van der Waals surface area (Å²) in [5.41, 5.74) is 4.24. The maximum atomic E-state index is 5.64. The molecule has 3 heterocycles. The van der Waals surface area contributed by atoms with E-state index >= 15 is 0 Å². The number of hydrogen-bond donors (Lipinski definition) is 0. The number of hydrogen-bond acceptors (Lipinski definition) is 5. The first-order valence-electron chi connectivity index (χ1n) is 8.88. The molecule has 7 nitrogen and oxygen atoms in total. The maximum absolute atomic E-state index is 5.64. The van der Waals surface area contributed by atoms with Gasteiger partial charge in [-0.3, -0.25) is 4.68 Å². The Hall–Kier alpha value is -2.67. The van der Waals surface area contributed by atoms with Crippen molar-refractivity contribution in [1.29, 1.82) is 0 Å². The standard InChI is InChI=1S/C19H23N5O2/c1-14-11-24(22-21-14)8-7-23-13-20-18(19(23)16-6-9-26-12-16)15-4-3-5-17(10-15)25-2/h3-5,10-11,13,16H,6-9,12H2,1-2H3. The summed E-state index contributed by atoms with van der Waals surface area (Å²) < 4.78 is 15.1. The number of rotatable bonds is 6. The van der Waals surface area contributed by atoms with Gasteiger partial charge in [0, 0.05) is 30.8 Å². The highest BCUT2D eigenvalue weighted by Gasteiger charge is 2.26. The van der Waals surface area contributed by atoms with Crippen molar-refractivity contribution < 1.29 is 9.47 Å². The molecule has 4 rings (SSSR count). The fourth-order valence-electron chi connectivity index (χ4n) is 3.46. The molecule has 1 aromatic carbocycles. The molecule has 26 heavy (non-hydrogen) atoms. The zero-order valence-corrected chi connectivity index (χ0v) is 15.1. The van der Waals surface area contributed by atoms with Gasteiger partial charge in [-0.15, -0.1) is 5.10 Å². The van der Waals surface area contributed by atoms with Gasteiger partial charge in [0.1, 0.15) is 5.75 Å². The number of nitrogens with zero attached hydrogens (tertiary/aromatic N) is 5. The number of imidazole rings is 1. The molecule has 1 aliphatic rings. The molecule has 1 unspecified atom stereocenters. The van der Waals surface area contributed by atoms with Crippen molar-refractivity contribution in [2.24, 2.45) is 0 Å². The van der Waals surface area contributed by atoms with E-state index < -0.39 is 0 Å². The number of ether oxygens (including phenoxy) is 2. The molecule has 0 radical (unpaired) electrons. The highest BCUT2D eigenvalue weighted by Crippen LogP contribution is 2.34. The van der Waals surface area contributed by atoms with Crippen LogP contribution in [0.2, 0.25) is 0 Å². The molecule has 0 aliphatic carbocycles. The third-order valence-corrected chi connectivity index (χ3v) is 4.76. The van der Waals surface area contributed by atoms with Crippen molar-refractivity contribution in [3.63, 3.8) is 0 Å². The van der Waals surface area contributed by atoms with E-state index in [1.807, 2.05) is 42.3 Å². The Morgan fingerprint density at radius 1 is 1.31 bits per heavy atom. The molecule has 0 spiro atoms. The van der Waals surface area contributed by atoms with Gasteiger partial charge in [-0.25, -0.2) is 4.98 Å². The van der Waals surface area contributed by atoms with Crippen LogP contribution in [0, 0.1) is 6.92 Å². The van der Waals surface area contributed by atoms with Gasteiger partial charge in [-0.05, 0) is 25.5 Å². The zero-order valence-electron chi connectivity index (χ0n) is 15.1. The number of benzene rings is 1. The van der Waals surface area contributed by atoms with Crippen LogP contribution in [0.15, 0.2) is 36.8 Å². The Bertz CT molecular complexity index is 880. The van der Waals surface area contributed by atoms with Crippen molar-refractivity contribution in [2.45, 2.75) is 32.4 Å². The Balaban J connectivity index is 1.66. The lowest BCUT2D eigenvalue weighted by atomic mass is 9.99. The normalized spacial score (nSPS) is 16.9. The van der Waals surface area contributed by atoms with E-state index in [-0.39, 0.29) is 0 Å². The SMILES string of the molecule is COc1cccc(-c2ncn(CCn3cc(C)nn3)c2C2CCOC2)c1. The van der Waals surface area contributed by atoms with Crippen LogP contribution >= 0.6 is 0 Å². The van der Waals surface area contributed by atoms with Crippen molar-refractivity contribution in [2.75, 3.05) is 20.3 Å². The van der Waals surface area contributed by atoms with Crippen molar-refractivity contribution >= 4 is 0 Å².